The minimum atomic E-state index is 0.458. The molecule has 3 heterocycles. The summed E-state index contributed by atoms with van der Waals surface area (Å²) in [6.07, 6.45) is 9.96. The lowest BCUT2D eigenvalue weighted by Crippen LogP contribution is -2.06. The topological polar surface area (TPSA) is 56.2 Å². The first-order valence-electron chi connectivity index (χ1n) is 7.59. The van der Waals surface area contributed by atoms with E-state index in [-0.39, 0.29) is 0 Å². The van der Waals surface area contributed by atoms with Crippen molar-refractivity contribution in [2.75, 3.05) is 0 Å². The zero-order chi connectivity index (χ0) is 14.2. The second kappa shape index (κ2) is 4.98. The van der Waals surface area contributed by atoms with E-state index in [9.17, 15) is 0 Å². The van der Waals surface area contributed by atoms with Crippen molar-refractivity contribution in [2.45, 2.75) is 44.9 Å². The van der Waals surface area contributed by atoms with Crippen molar-refractivity contribution in [2.24, 2.45) is 0 Å². The molecule has 1 aliphatic carbocycles. The van der Waals surface area contributed by atoms with Gasteiger partial charge < -0.3 is 4.52 Å². The number of pyridine rings is 1. The van der Waals surface area contributed by atoms with Crippen LogP contribution in [0.2, 0.25) is 0 Å². The van der Waals surface area contributed by atoms with Crippen LogP contribution in [0.15, 0.2) is 29.0 Å². The predicted molar refractivity (Wildman–Crippen MR) is 79.0 cm³/mol. The van der Waals surface area contributed by atoms with Gasteiger partial charge in [-0.15, -0.1) is 0 Å². The van der Waals surface area contributed by atoms with Crippen molar-refractivity contribution < 1.29 is 4.52 Å². The monoisotopic (exact) mass is 282 g/mol. The number of hydrogen-bond acceptors (Lipinski definition) is 4. The standard InChI is InChI=1S/C16H18N4O/c1-11-7-8-20-14(9-11)13(10-17-20)16-18-15(19-21-16)12-5-3-2-4-6-12/h7-10,12H,2-6H2,1H3. The van der Waals surface area contributed by atoms with Crippen molar-refractivity contribution >= 4 is 5.52 Å². The summed E-state index contributed by atoms with van der Waals surface area (Å²) in [7, 11) is 0. The second-order valence-electron chi connectivity index (χ2n) is 5.88. The van der Waals surface area contributed by atoms with E-state index in [1.54, 1.807) is 6.20 Å². The van der Waals surface area contributed by atoms with Crippen LogP contribution in [0.3, 0.4) is 0 Å². The van der Waals surface area contributed by atoms with Crippen LogP contribution < -0.4 is 0 Å². The Hall–Kier alpha value is -2.17. The fraction of sp³-hybridized carbons (Fsp3) is 0.438. The molecule has 0 radical (unpaired) electrons. The summed E-state index contributed by atoms with van der Waals surface area (Å²) in [5.41, 5.74) is 3.11. The molecule has 5 heteroatoms. The largest absolute Gasteiger partial charge is 0.334 e. The molecule has 0 atom stereocenters. The fourth-order valence-electron chi connectivity index (χ4n) is 3.12. The normalized spacial score (nSPS) is 16.6. The van der Waals surface area contributed by atoms with Crippen molar-refractivity contribution in [3.05, 3.63) is 35.9 Å². The third-order valence-electron chi connectivity index (χ3n) is 4.32. The quantitative estimate of drug-likeness (QED) is 0.718. The van der Waals surface area contributed by atoms with Crippen LogP contribution in [0.1, 0.15) is 49.4 Å². The maximum atomic E-state index is 5.50. The van der Waals surface area contributed by atoms with Crippen LogP contribution >= 0.6 is 0 Å². The third-order valence-corrected chi connectivity index (χ3v) is 4.32. The Bertz CT molecular complexity index is 768. The third kappa shape index (κ3) is 2.22. The summed E-state index contributed by atoms with van der Waals surface area (Å²) < 4.78 is 7.34. The smallest absolute Gasteiger partial charge is 0.261 e. The SMILES string of the molecule is Cc1ccn2ncc(-c3nc(C4CCCCC4)no3)c2c1. The molecule has 0 saturated heterocycles. The average molecular weight is 282 g/mol. The van der Waals surface area contributed by atoms with E-state index in [0.717, 1.165) is 16.9 Å². The van der Waals surface area contributed by atoms with Crippen LogP contribution in [0.5, 0.6) is 0 Å². The molecule has 0 aliphatic heterocycles. The molecule has 3 aromatic rings. The molecule has 21 heavy (non-hydrogen) atoms. The number of nitrogens with zero attached hydrogens (tertiary/aromatic N) is 4. The predicted octanol–water partition coefficient (Wildman–Crippen LogP) is 3.74. The van der Waals surface area contributed by atoms with Gasteiger partial charge in [0.15, 0.2) is 5.82 Å². The number of aryl methyl sites for hydroxylation is 1. The Morgan fingerprint density at radius 2 is 2.10 bits per heavy atom. The van der Waals surface area contributed by atoms with Crippen LogP contribution in [-0.4, -0.2) is 19.8 Å². The molecule has 108 valence electrons. The van der Waals surface area contributed by atoms with Crippen molar-refractivity contribution in [3.8, 4) is 11.5 Å². The number of fused-ring (bicyclic) bond motifs is 1. The summed E-state index contributed by atoms with van der Waals surface area (Å²) in [5, 5.41) is 8.55. The molecule has 1 fully saturated rings. The van der Waals surface area contributed by atoms with Gasteiger partial charge in [0.05, 0.1) is 17.3 Å². The van der Waals surface area contributed by atoms with E-state index in [0.29, 0.717) is 11.8 Å². The molecular weight excluding hydrogens is 264 g/mol. The van der Waals surface area contributed by atoms with Gasteiger partial charge in [-0.3, -0.25) is 0 Å². The first-order valence-corrected chi connectivity index (χ1v) is 7.59. The van der Waals surface area contributed by atoms with Gasteiger partial charge in [-0.05, 0) is 37.5 Å². The first kappa shape index (κ1) is 12.6. The Labute approximate surface area is 123 Å². The van der Waals surface area contributed by atoms with E-state index in [1.165, 1.54) is 37.7 Å². The van der Waals surface area contributed by atoms with E-state index in [1.807, 2.05) is 16.8 Å². The highest BCUT2D eigenvalue weighted by Crippen LogP contribution is 2.32. The molecule has 0 spiro atoms. The number of aromatic nitrogens is 4. The Kier molecular flexibility index (Phi) is 2.98. The molecule has 0 N–H and O–H groups in total. The van der Waals surface area contributed by atoms with Gasteiger partial charge in [0.25, 0.3) is 5.89 Å². The highest BCUT2D eigenvalue weighted by molar-refractivity contribution is 5.75. The van der Waals surface area contributed by atoms with E-state index < -0.39 is 0 Å². The summed E-state index contributed by atoms with van der Waals surface area (Å²) >= 11 is 0. The van der Waals surface area contributed by atoms with Crippen LogP contribution in [0.4, 0.5) is 0 Å². The lowest BCUT2D eigenvalue weighted by molar-refractivity contribution is 0.385. The van der Waals surface area contributed by atoms with Crippen molar-refractivity contribution in [3.63, 3.8) is 0 Å². The Morgan fingerprint density at radius 3 is 2.95 bits per heavy atom. The molecule has 3 aromatic heterocycles. The zero-order valence-corrected chi connectivity index (χ0v) is 12.1. The first-order chi connectivity index (χ1) is 10.3. The maximum absolute atomic E-state index is 5.50. The molecular formula is C16H18N4O. The van der Waals surface area contributed by atoms with Crippen LogP contribution in [-0.2, 0) is 0 Å². The fourth-order valence-corrected chi connectivity index (χ4v) is 3.12. The Balaban J connectivity index is 1.72. The average Bonchev–Trinajstić information content (AvgIpc) is 3.14. The van der Waals surface area contributed by atoms with Gasteiger partial charge >= 0.3 is 0 Å². The summed E-state index contributed by atoms with van der Waals surface area (Å²) in [5.74, 6) is 1.90. The molecule has 4 rings (SSSR count). The van der Waals surface area contributed by atoms with E-state index in [4.69, 9.17) is 4.52 Å². The highest BCUT2D eigenvalue weighted by Gasteiger charge is 2.22. The Morgan fingerprint density at radius 1 is 1.24 bits per heavy atom. The zero-order valence-electron chi connectivity index (χ0n) is 12.1. The minimum absolute atomic E-state index is 0.458. The van der Waals surface area contributed by atoms with Crippen molar-refractivity contribution in [1.29, 1.82) is 0 Å². The van der Waals surface area contributed by atoms with Gasteiger partial charge in [0.2, 0.25) is 0 Å². The van der Waals surface area contributed by atoms with Crippen LogP contribution in [0.25, 0.3) is 17.0 Å². The number of rotatable bonds is 2. The lowest BCUT2D eigenvalue weighted by Gasteiger charge is -2.17. The van der Waals surface area contributed by atoms with E-state index >= 15 is 0 Å². The summed E-state index contributed by atoms with van der Waals surface area (Å²) in [6.45, 7) is 2.07. The van der Waals surface area contributed by atoms with Gasteiger partial charge in [0.1, 0.15) is 0 Å². The minimum Gasteiger partial charge on any atom is -0.334 e. The molecule has 0 unspecified atom stereocenters. The summed E-state index contributed by atoms with van der Waals surface area (Å²) in [6, 6.07) is 4.12. The van der Waals surface area contributed by atoms with E-state index in [2.05, 4.69) is 28.2 Å². The van der Waals surface area contributed by atoms with Gasteiger partial charge in [-0.1, -0.05) is 24.4 Å². The molecule has 1 aliphatic rings. The molecule has 0 bridgehead atoms. The lowest BCUT2D eigenvalue weighted by atomic mass is 9.89. The molecule has 1 saturated carbocycles. The summed E-state index contributed by atoms with van der Waals surface area (Å²) in [4.78, 5) is 4.63. The van der Waals surface area contributed by atoms with Crippen molar-refractivity contribution in [1.82, 2.24) is 19.8 Å². The van der Waals surface area contributed by atoms with Gasteiger partial charge in [-0.2, -0.15) is 10.1 Å². The maximum Gasteiger partial charge on any atom is 0.261 e. The highest BCUT2D eigenvalue weighted by atomic mass is 16.5. The molecule has 0 aromatic carbocycles. The molecule has 0 amide bonds. The van der Waals surface area contributed by atoms with Gasteiger partial charge in [-0.25, -0.2) is 4.52 Å². The molecule has 5 nitrogen and oxygen atoms in total. The second-order valence-corrected chi connectivity index (χ2v) is 5.88. The number of hydrogen-bond donors (Lipinski definition) is 0. The van der Waals surface area contributed by atoms with Crippen LogP contribution in [0, 0.1) is 6.92 Å². The van der Waals surface area contributed by atoms with Gasteiger partial charge in [0, 0.05) is 12.1 Å².